The monoisotopic (exact) mass is 511 g/mol. The summed E-state index contributed by atoms with van der Waals surface area (Å²) in [6, 6.07) is 15.9. The van der Waals surface area contributed by atoms with Crippen molar-refractivity contribution in [2.24, 2.45) is 7.05 Å². The number of ether oxygens (including phenoxy) is 1. The minimum Gasteiger partial charge on any atom is -0.466 e. The van der Waals surface area contributed by atoms with Gasteiger partial charge in [0.1, 0.15) is 0 Å². The van der Waals surface area contributed by atoms with Crippen LogP contribution in [0.15, 0.2) is 48.5 Å². The molecule has 0 saturated carbocycles. The van der Waals surface area contributed by atoms with Crippen LogP contribution < -0.4 is 5.32 Å². The molecule has 7 heteroatoms. The van der Waals surface area contributed by atoms with Crippen LogP contribution in [0.1, 0.15) is 74.5 Å². The number of nitrogens with zero attached hydrogens (tertiary/aromatic N) is 2. The van der Waals surface area contributed by atoms with Gasteiger partial charge < -0.3 is 19.5 Å². The lowest BCUT2D eigenvalue weighted by Crippen LogP contribution is -2.29. The quantitative estimate of drug-likeness (QED) is 0.198. The minimum atomic E-state index is -0.294. The standard InChI is InChI=1S/C29H38ClN3O3/c1-5-7-8-9-10-25(27-20-22-19-23(30)13-16-26(22)33(27)4)31-24-14-11-21(12-15-24)29(35)32(3)18-17-28(34)36-6-2/h11-16,19-20,25,31H,5-10,17-18H2,1-4H3. The number of nitrogens with one attached hydrogen (secondary N) is 1. The van der Waals surface area contributed by atoms with E-state index in [0.717, 1.165) is 34.5 Å². The number of rotatable bonds is 13. The van der Waals surface area contributed by atoms with Crippen molar-refractivity contribution in [3.8, 4) is 0 Å². The van der Waals surface area contributed by atoms with E-state index in [0.29, 0.717) is 18.7 Å². The van der Waals surface area contributed by atoms with Crippen LogP contribution in [0.3, 0.4) is 0 Å². The first-order chi connectivity index (χ1) is 17.3. The van der Waals surface area contributed by atoms with Crippen LogP contribution in [-0.4, -0.2) is 41.5 Å². The highest BCUT2D eigenvalue weighted by molar-refractivity contribution is 6.31. The molecule has 0 aliphatic heterocycles. The predicted molar refractivity (Wildman–Crippen MR) is 148 cm³/mol. The fourth-order valence-corrected chi connectivity index (χ4v) is 4.65. The molecule has 0 radical (unpaired) electrons. The maximum absolute atomic E-state index is 12.8. The van der Waals surface area contributed by atoms with Gasteiger partial charge in [0.2, 0.25) is 0 Å². The van der Waals surface area contributed by atoms with Crippen molar-refractivity contribution in [1.29, 1.82) is 0 Å². The van der Waals surface area contributed by atoms with Gasteiger partial charge in [-0.3, -0.25) is 9.59 Å². The minimum absolute atomic E-state index is 0.118. The average molecular weight is 512 g/mol. The number of esters is 1. The van der Waals surface area contributed by atoms with E-state index in [1.807, 2.05) is 36.4 Å². The third-order valence-electron chi connectivity index (χ3n) is 6.52. The number of aromatic nitrogens is 1. The molecule has 3 rings (SSSR count). The number of amides is 1. The Balaban J connectivity index is 1.73. The van der Waals surface area contributed by atoms with Crippen LogP contribution in [0.4, 0.5) is 5.69 Å². The normalized spacial score (nSPS) is 11.9. The van der Waals surface area contributed by atoms with Gasteiger partial charge in [0.15, 0.2) is 0 Å². The van der Waals surface area contributed by atoms with Crippen LogP contribution in [0.2, 0.25) is 5.02 Å². The van der Waals surface area contributed by atoms with Crippen molar-refractivity contribution in [2.75, 3.05) is 25.5 Å². The Labute approximate surface area is 219 Å². The maximum Gasteiger partial charge on any atom is 0.307 e. The van der Waals surface area contributed by atoms with E-state index in [9.17, 15) is 9.59 Å². The number of anilines is 1. The van der Waals surface area contributed by atoms with Crippen molar-refractivity contribution in [3.63, 3.8) is 0 Å². The van der Waals surface area contributed by atoms with Crippen molar-refractivity contribution in [1.82, 2.24) is 9.47 Å². The molecule has 1 amide bonds. The van der Waals surface area contributed by atoms with Gasteiger partial charge >= 0.3 is 5.97 Å². The molecule has 1 N–H and O–H groups in total. The summed E-state index contributed by atoms with van der Waals surface area (Å²) in [5, 5.41) is 5.57. The van der Waals surface area contributed by atoms with Crippen molar-refractivity contribution < 1.29 is 14.3 Å². The summed E-state index contributed by atoms with van der Waals surface area (Å²) in [6.07, 6.45) is 5.97. The van der Waals surface area contributed by atoms with Gasteiger partial charge in [0, 0.05) is 53.5 Å². The number of aryl methyl sites for hydroxylation is 1. The lowest BCUT2D eigenvalue weighted by molar-refractivity contribution is -0.143. The van der Waals surface area contributed by atoms with E-state index >= 15 is 0 Å². The summed E-state index contributed by atoms with van der Waals surface area (Å²) < 4.78 is 7.18. The van der Waals surface area contributed by atoms with Gasteiger partial charge in [0.25, 0.3) is 5.91 Å². The molecule has 1 heterocycles. The SMILES string of the molecule is CCCCCCC(Nc1ccc(C(=O)N(C)CCC(=O)OCC)cc1)c1cc2cc(Cl)ccc2n1C. The number of halogens is 1. The Hall–Kier alpha value is -2.99. The highest BCUT2D eigenvalue weighted by Crippen LogP contribution is 2.31. The Morgan fingerprint density at radius 1 is 1.06 bits per heavy atom. The van der Waals surface area contributed by atoms with E-state index < -0.39 is 0 Å². The zero-order valence-electron chi connectivity index (χ0n) is 21.9. The lowest BCUT2D eigenvalue weighted by Gasteiger charge is -2.22. The van der Waals surface area contributed by atoms with Crippen LogP contribution in [0.25, 0.3) is 10.9 Å². The summed E-state index contributed by atoms with van der Waals surface area (Å²) in [6.45, 7) is 4.66. The number of hydrogen-bond acceptors (Lipinski definition) is 4. The van der Waals surface area contributed by atoms with E-state index in [2.05, 4.69) is 36.0 Å². The second kappa shape index (κ2) is 13.4. The molecule has 0 aliphatic carbocycles. The molecule has 1 aromatic heterocycles. The summed E-state index contributed by atoms with van der Waals surface area (Å²) in [5.41, 5.74) is 3.92. The number of benzene rings is 2. The summed E-state index contributed by atoms with van der Waals surface area (Å²) in [7, 11) is 3.80. The molecule has 36 heavy (non-hydrogen) atoms. The summed E-state index contributed by atoms with van der Waals surface area (Å²) >= 11 is 6.24. The highest BCUT2D eigenvalue weighted by Gasteiger charge is 2.18. The van der Waals surface area contributed by atoms with E-state index in [4.69, 9.17) is 16.3 Å². The molecule has 194 valence electrons. The van der Waals surface area contributed by atoms with Crippen molar-refractivity contribution in [2.45, 2.75) is 58.4 Å². The number of unbranched alkanes of at least 4 members (excludes halogenated alkanes) is 3. The van der Waals surface area contributed by atoms with Gasteiger partial charge in [-0.05, 0) is 61.9 Å². The van der Waals surface area contributed by atoms with Crippen LogP contribution in [0, 0.1) is 0 Å². The molecular formula is C29H38ClN3O3. The Morgan fingerprint density at radius 3 is 2.50 bits per heavy atom. The molecule has 0 spiro atoms. The van der Waals surface area contributed by atoms with Crippen molar-refractivity contribution >= 4 is 40.1 Å². The fourth-order valence-electron chi connectivity index (χ4n) is 4.47. The van der Waals surface area contributed by atoms with Gasteiger partial charge in [-0.2, -0.15) is 0 Å². The molecule has 6 nitrogen and oxygen atoms in total. The Morgan fingerprint density at radius 2 is 1.81 bits per heavy atom. The average Bonchev–Trinajstić information content (AvgIpc) is 3.19. The zero-order chi connectivity index (χ0) is 26.1. The van der Waals surface area contributed by atoms with E-state index in [1.165, 1.54) is 25.0 Å². The molecule has 0 aliphatic rings. The topological polar surface area (TPSA) is 63.6 Å². The zero-order valence-corrected chi connectivity index (χ0v) is 22.6. The van der Waals surface area contributed by atoms with E-state index in [1.54, 1.807) is 18.9 Å². The van der Waals surface area contributed by atoms with Crippen LogP contribution >= 0.6 is 11.6 Å². The first-order valence-electron chi connectivity index (χ1n) is 12.9. The number of carbonyl (C=O) groups is 2. The van der Waals surface area contributed by atoms with Crippen LogP contribution in [0.5, 0.6) is 0 Å². The fraction of sp³-hybridized carbons (Fsp3) is 0.448. The predicted octanol–water partition coefficient (Wildman–Crippen LogP) is 6.98. The maximum atomic E-state index is 12.8. The highest BCUT2D eigenvalue weighted by atomic mass is 35.5. The Kier molecular flexibility index (Phi) is 10.2. The van der Waals surface area contributed by atoms with Gasteiger partial charge in [-0.1, -0.05) is 44.2 Å². The molecule has 0 fully saturated rings. The molecule has 0 bridgehead atoms. The number of hydrogen-bond donors (Lipinski definition) is 1. The van der Waals surface area contributed by atoms with Gasteiger partial charge in [-0.25, -0.2) is 0 Å². The van der Waals surface area contributed by atoms with E-state index in [-0.39, 0.29) is 24.3 Å². The summed E-state index contributed by atoms with van der Waals surface area (Å²) in [4.78, 5) is 25.9. The molecule has 2 aromatic carbocycles. The third kappa shape index (κ3) is 7.26. The summed E-state index contributed by atoms with van der Waals surface area (Å²) in [5.74, 6) is -0.412. The molecule has 3 aromatic rings. The first kappa shape index (κ1) is 27.6. The van der Waals surface area contributed by atoms with Crippen LogP contribution in [-0.2, 0) is 16.6 Å². The first-order valence-corrected chi connectivity index (χ1v) is 13.2. The Bertz CT molecular complexity index is 1160. The smallest absolute Gasteiger partial charge is 0.307 e. The molecular weight excluding hydrogens is 474 g/mol. The number of carbonyl (C=O) groups excluding carboxylic acids is 2. The van der Waals surface area contributed by atoms with Gasteiger partial charge in [0.05, 0.1) is 19.1 Å². The second-order valence-corrected chi connectivity index (χ2v) is 9.67. The number of fused-ring (bicyclic) bond motifs is 1. The lowest BCUT2D eigenvalue weighted by atomic mass is 10.0. The molecule has 1 atom stereocenters. The van der Waals surface area contributed by atoms with Crippen molar-refractivity contribution in [3.05, 3.63) is 64.8 Å². The van der Waals surface area contributed by atoms with Gasteiger partial charge in [-0.15, -0.1) is 0 Å². The largest absolute Gasteiger partial charge is 0.466 e. The second-order valence-electron chi connectivity index (χ2n) is 9.24. The molecule has 1 unspecified atom stereocenters. The third-order valence-corrected chi connectivity index (χ3v) is 6.76. The molecule has 0 saturated heterocycles.